The van der Waals surface area contributed by atoms with Crippen molar-refractivity contribution in [3.8, 4) is 0 Å². The van der Waals surface area contributed by atoms with E-state index in [1.807, 2.05) is 32.9 Å². The minimum atomic E-state index is -0.0677. The normalized spacial score (nSPS) is 11.4. The Labute approximate surface area is 124 Å². The first-order valence-electron chi connectivity index (χ1n) is 6.20. The monoisotopic (exact) mass is 300 g/mol. The third-order valence-electron chi connectivity index (χ3n) is 2.45. The molecule has 3 nitrogen and oxygen atoms in total. The molecule has 19 heavy (non-hydrogen) atoms. The number of nitrogens with one attached hydrogen (secondary N) is 1. The van der Waals surface area contributed by atoms with Gasteiger partial charge in [0.25, 0.3) is 0 Å². The Bertz CT molecular complexity index is 437. The summed E-state index contributed by atoms with van der Waals surface area (Å²) in [5.41, 5.74) is -0.0677. The Morgan fingerprint density at radius 3 is 2.68 bits per heavy atom. The van der Waals surface area contributed by atoms with Gasteiger partial charge in [-0.2, -0.15) is 0 Å². The summed E-state index contributed by atoms with van der Waals surface area (Å²) in [5.74, 6) is 0.0688. The van der Waals surface area contributed by atoms with Crippen LogP contribution in [0.5, 0.6) is 0 Å². The number of halogens is 1. The highest BCUT2D eigenvalue weighted by Gasteiger charge is 2.16. The van der Waals surface area contributed by atoms with Crippen molar-refractivity contribution in [2.45, 2.75) is 32.9 Å². The number of hydrogen-bond donors (Lipinski definition) is 1. The zero-order valence-electron chi connectivity index (χ0n) is 11.7. The Morgan fingerprint density at radius 1 is 1.53 bits per heavy atom. The van der Waals surface area contributed by atoms with Crippen molar-refractivity contribution in [2.75, 3.05) is 13.1 Å². The zero-order valence-corrected chi connectivity index (χ0v) is 13.3. The molecule has 0 aliphatic heterocycles. The molecule has 0 spiro atoms. The van der Waals surface area contributed by atoms with E-state index < -0.39 is 0 Å². The van der Waals surface area contributed by atoms with E-state index in [0.29, 0.717) is 19.6 Å². The maximum Gasteiger partial charge on any atom is 0.237 e. The van der Waals surface area contributed by atoms with E-state index in [-0.39, 0.29) is 11.4 Å². The Balaban J connectivity index is 2.61. The van der Waals surface area contributed by atoms with Crippen LogP contribution in [0.15, 0.2) is 24.8 Å². The van der Waals surface area contributed by atoms with Crippen LogP contribution in [0.3, 0.4) is 0 Å². The first-order valence-corrected chi connectivity index (χ1v) is 7.39. The molecule has 0 aromatic carbocycles. The van der Waals surface area contributed by atoms with E-state index in [0.717, 1.165) is 9.21 Å². The molecule has 0 radical (unpaired) electrons. The van der Waals surface area contributed by atoms with E-state index >= 15 is 0 Å². The fourth-order valence-corrected chi connectivity index (χ4v) is 2.59. The van der Waals surface area contributed by atoms with E-state index in [2.05, 4.69) is 11.9 Å². The molecule has 0 bridgehead atoms. The summed E-state index contributed by atoms with van der Waals surface area (Å²) < 4.78 is 0.744. The van der Waals surface area contributed by atoms with E-state index in [9.17, 15) is 4.79 Å². The molecule has 1 aromatic heterocycles. The van der Waals surface area contributed by atoms with Gasteiger partial charge < -0.3 is 10.2 Å². The molecule has 5 heteroatoms. The molecule has 0 fully saturated rings. The summed E-state index contributed by atoms with van der Waals surface area (Å²) in [6, 6.07) is 3.80. The summed E-state index contributed by atoms with van der Waals surface area (Å²) in [7, 11) is 0. The molecule has 0 saturated carbocycles. The number of rotatable bonds is 6. The van der Waals surface area contributed by atoms with Crippen LogP contribution in [0, 0.1) is 0 Å². The van der Waals surface area contributed by atoms with Gasteiger partial charge in [0, 0.05) is 17.0 Å². The van der Waals surface area contributed by atoms with Gasteiger partial charge in [-0.15, -0.1) is 17.9 Å². The predicted octanol–water partition coefficient (Wildman–Crippen LogP) is 3.30. The maximum atomic E-state index is 12.2. The van der Waals surface area contributed by atoms with Crippen LogP contribution in [0.4, 0.5) is 0 Å². The fourth-order valence-electron chi connectivity index (χ4n) is 1.49. The number of carbonyl (C=O) groups excluding carboxylic acids is 1. The van der Waals surface area contributed by atoms with Crippen molar-refractivity contribution in [1.82, 2.24) is 10.2 Å². The van der Waals surface area contributed by atoms with Gasteiger partial charge in [0.15, 0.2) is 0 Å². The first kappa shape index (κ1) is 16.2. The molecule has 0 unspecified atom stereocenters. The molecule has 1 aromatic rings. The van der Waals surface area contributed by atoms with Crippen molar-refractivity contribution in [2.24, 2.45) is 0 Å². The molecular formula is C14H21ClN2OS. The van der Waals surface area contributed by atoms with Gasteiger partial charge in [0.1, 0.15) is 0 Å². The second-order valence-electron chi connectivity index (χ2n) is 5.37. The van der Waals surface area contributed by atoms with Crippen LogP contribution < -0.4 is 5.32 Å². The topological polar surface area (TPSA) is 32.3 Å². The quantitative estimate of drug-likeness (QED) is 0.818. The third-order valence-corrected chi connectivity index (χ3v) is 3.66. The smallest absolute Gasteiger partial charge is 0.237 e. The standard InChI is InChI=1S/C14H21ClN2OS/c1-5-8-17(10-11-6-7-12(15)19-11)13(18)9-16-14(2,3)4/h5-7,16H,1,8-10H2,2-4H3. The third kappa shape index (κ3) is 6.23. The molecule has 0 aliphatic carbocycles. The lowest BCUT2D eigenvalue weighted by molar-refractivity contribution is -0.130. The first-order chi connectivity index (χ1) is 8.81. The highest BCUT2D eigenvalue weighted by atomic mass is 35.5. The largest absolute Gasteiger partial charge is 0.333 e. The predicted molar refractivity (Wildman–Crippen MR) is 82.7 cm³/mol. The van der Waals surface area contributed by atoms with Gasteiger partial charge in [-0.05, 0) is 32.9 Å². The van der Waals surface area contributed by atoms with Crippen molar-refractivity contribution in [3.05, 3.63) is 34.0 Å². The summed E-state index contributed by atoms with van der Waals surface area (Å²) in [6.07, 6.45) is 1.74. The Hall–Kier alpha value is -0.840. The Kier molecular flexibility index (Phi) is 6.04. The minimum Gasteiger partial charge on any atom is -0.333 e. The maximum absolute atomic E-state index is 12.2. The Morgan fingerprint density at radius 2 is 2.21 bits per heavy atom. The van der Waals surface area contributed by atoms with Gasteiger partial charge in [-0.25, -0.2) is 0 Å². The molecule has 1 heterocycles. The van der Waals surface area contributed by atoms with Crippen LogP contribution in [-0.4, -0.2) is 29.4 Å². The van der Waals surface area contributed by atoms with E-state index in [1.54, 1.807) is 11.0 Å². The van der Waals surface area contributed by atoms with Crippen molar-refractivity contribution < 1.29 is 4.79 Å². The molecule has 106 valence electrons. The van der Waals surface area contributed by atoms with Crippen LogP contribution in [-0.2, 0) is 11.3 Å². The second kappa shape index (κ2) is 7.08. The fraction of sp³-hybridized carbons (Fsp3) is 0.500. The van der Waals surface area contributed by atoms with Crippen LogP contribution in [0.1, 0.15) is 25.6 Å². The van der Waals surface area contributed by atoms with E-state index in [1.165, 1.54) is 11.3 Å². The molecule has 0 atom stereocenters. The minimum absolute atomic E-state index is 0.0677. The van der Waals surface area contributed by atoms with Gasteiger partial charge in [-0.1, -0.05) is 17.7 Å². The second-order valence-corrected chi connectivity index (χ2v) is 7.17. The van der Waals surface area contributed by atoms with E-state index in [4.69, 9.17) is 11.6 Å². The number of hydrogen-bond acceptors (Lipinski definition) is 3. The molecule has 1 amide bonds. The average Bonchev–Trinajstić information content (AvgIpc) is 2.70. The molecule has 0 aliphatic rings. The highest BCUT2D eigenvalue weighted by molar-refractivity contribution is 7.16. The van der Waals surface area contributed by atoms with Gasteiger partial charge >= 0.3 is 0 Å². The van der Waals surface area contributed by atoms with Crippen molar-refractivity contribution in [3.63, 3.8) is 0 Å². The summed E-state index contributed by atoms with van der Waals surface area (Å²) in [4.78, 5) is 15.0. The number of amides is 1. The van der Waals surface area contributed by atoms with Gasteiger partial charge in [0.2, 0.25) is 5.91 Å². The summed E-state index contributed by atoms with van der Waals surface area (Å²) in [5, 5.41) is 3.20. The lowest BCUT2D eigenvalue weighted by Crippen LogP contribution is -2.44. The molecular weight excluding hydrogens is 280 g/mol. The lowest BCUT2D eigenvalue weighted by atomic mass is 10.1. The number of carbonyl (C=O) groups is 1. The highest BCUT2D eigenvalue weighted by Crippen LogP contribution is 2.22. The van der Waals surface area contributed by atoms with Crippen molar-refractivity contribution in [1.29, 1.82) is 0 Å². The van der Waals surface area contributed by atoms with Crippen LogP contribution >= 0.6 is 22.9 Å². The SMILES string of the molecule is C=CCN(Cc1ccc(Cl)s1)C(=O)CNC(C)(C)C. The van der Waals surface area contributed by atoms with Crippen molar-refractivity contribution >= 4 is 28.8 Å². The van der Waals surface area contributed by atoms with Gasteiger partial charge in [0.05, 0.1) is 17.4 Å². The lowest BCUT2D eigenvalue weighted by Gasteiger charge is -2.25. The van der Waals surface area contributed by atoms with Crippen LogP contribution in [0.2, 0.25) is 4.34 Å². The number of nitrogens with zero attached hydrogens (tertiary/aromatic N) is 1. The number of thiophene rings is 1. The summed E-state index contributed by atoms with van der Waals surface area (Å²) in [6.45, 7) is 11.3. The molecule has 1 rings (SSSR count). The molecule has 0 saturated heterocycles. The van der Waals surface area contributed by atoms with Crippen LogP contribution in [0.25, 0.3) is 0 Å². The van der Waals surface area contributed by atoms with Gasteiger partial charge in [-0.3, -0.25) is 4.79 Å². The molecule has 1 N–H and O–H groups in total. The average molecular weight is 301 g/mol. The summed E-state index contributed by atoms with van der Waals surface area (Å²) >= 11 is 7.40. The zero-order chi connectivity index (χ0) is 14.5.